The number of aryl methyl sites for hydroxylation is 1. The summed E-state index contributed by atoms with van der Waals surface area (Å²) < 4.78 is 10.9. The molecule has 1 heterocycles. The van der Waals surface area contributed by atoms with E-state index in [0.717, 1.165) is 0 Å². The van der Waals surface area contributed by atoms with Crippen LogP contribution in [0.25, 0.3) is 0 Å². The smallest absolute Gasteiger partial charge is 0.269 e. The highest BCUT2D eigenvalue weighted by molar-refractivity contribution is 7.80. The fraction of sp³-hybridized carbons (Fsp3) is 0.176. The molecule has 0 aliphatic carbocycles. The Morgan fingerprint density at radius 3 is 2.58 bits per heavy atom. The second kappa shape index (κ2) is 7.36. The zero-order valence-electron chi connectivity index (χ0n) is 13.8. The second-order valence-corrected chi connectivity index (χ2v) is 5.93. The van der Waals surface area contributed by atoms with Gasteiger partial charge in [0.15, 0.2) is 16.6 Å². The molecule has 2 aromatic rings. The number of benzene rings is 2. The molecule has 0 saturated carbocycles. The number of hydrogen-bond donors (Lipinski definition) is 2. The Kier molecular flexibility index (Phi) is 4.99. The van der Waals surface area contributed by atoms with E-state index in [-0.39, 0.29) is 10.8 Å². The molecular formula is C17H15N3O5S. The molecule has 1 aliphatic heterocycles. The first-order valence-electron chi connectivity index (χ1n) is 7.71. The van der Waals surface area contributed by atoms with Gasteiger partial charge in [-0.25, -0.2) is 0 Å². The molecule has 26 heavy (non-hydrogen) atoms. The van der Waals surface area contributed by atoms with Crippen LogP contribution < -0.4 is 20.1 Å². The molecule has 0 unspecified atom stereocenters. The van der Waals surface area contributed by atoms with Crippen LogP contribution in [-0.2, 0) is 0 Å². The Balaban J connectivity index is 1.66. The molecule has 134 valence electrons. The van der Waals surface area contributed by atoms with Gasteiger partial charge in [-0.2, -0.15) is 0 Å². The third kappa shape index (κ3) is 3.89. The average Bonchev–Trinajstić information content (AvgIpc) is 2.62. The molecular weight excluding hydrogens is 358 g/mol. The van der Waals surface area contributed by atoms with E-state index in [9.17, 15) is 14.9 Å². The second-order valence-electron chi connectivity index (χ2n) is 5.52. The number of thiocarbonyl (C=S) groups is 1. The first kappa shape index (κ1) is 17.6. The van der Waals surface area contributed by atoms with E-state index in [2.05, 4.69) is 10.6 Å². The molecule has 0 bridgehead atoms. The molecule has 0 saturated heterocycles. The minimum Gasteiger partial charge on any atom is -0.486 e. The van der Waals surface area contributed by atoms with Gasteiger partial charge in [-0.05, 0) is 49.0 Å². The highest BCUT2D eigenvalue weighted by Gasteiger charge is 2.16. The average molecular weight is 373 g/mol. The summed E-state index contributed by atoms with van der Waals surface area (Å²) in [6.45, 7) is 2.61. The largest absolute Gasteiger partial charge is 0.486 e. The predicted molar refractivity (Wildman–Crippen MR) is 99.0 cm³/mol. The summed E-state index contributed by atoms with van der Waals surface area (Å²) >= 11 is 5.14. The maximum absolute atomic E-state index is 12.3. The van der Waals surface area contributed by atoms with Crippen LogP contribution in [0.2, 0.25) is 0 Å². The molecule has 0 spiro atoms. The minimum absolute atomic E-state index is 0.0146. The molecule has 1 amide bonds. The number of amides is 1. The lowest BCUT2D eigenvalue weighted by Gasteiger charge is -2.18. The molecule has 0 radical (unpaired) electrons. The quantitative estimate of drug-likeness (QED) is 0.484. The van der Waals surface area contributed by atoms with Gasteiger partial charge in [0.1, 0.15) is 13.2 Å². The number of ether oxygens (including phenoxy) is 2. The number of rotatable bonds is 3. The summed E-state index contributed by atoms with van der Waals surface area (Å²) in [4.78, 5) is 22.6. The topological polar surface area (TPSA) is 103 Å². The van der Waals surface area contributed by atoms with Gasteiger partial charge in [-0.15, -0.1) is 0 Å². The summed E-state index contributed by atoms with van der Waals surface area (Å²) in [5, 5.41) is 16.3. The van der Waals surface area contributed by atoms with Gasteiger partial charge in [-0.1, -0.05) is 0 Å². The van der Waals surface area contributed by atoms with Crippen molar-refractivity contribution in [1.29, 1.82) is 0 Å². The van der Waals surface area contributed by atoms with E-state index in [1.807, 2.05) is 0 Å². The number of hydrogen-bond acceptors (Lipinski definition) is 6. The van der Waals surface area contributed by atoms with Crippen LogP contribution in [0.15, 0.2) is 36.4 Å². The highest BCUT2D eigenvalue weighted by atomic mass is 32.1. The van der Waals surface area contributed by atoms with Crippen LogP contribution in [0.4, 0.5) is 11.4 Å². The first-order chi connectivity index (χ1) is 12.4. The van der Waals surface area contributed by atoms with Crippen molar-refractivity contribution in [1.82, 2.24) is 5.32 Å². The molecule has 8 nitrogen and oxygen atoms in total. The van der Waals surface area contributed by atoms with Crippen molar-refractivity contribution in [3.63, 3.8) is 0 Å². The standard InChI is InChI=1S/C17H15N3O5S/c1-10-8-12(20(22)23)3-4-13(10)18-17(26)19-16(21)11-2-5-14-15(9-11)25-7-6-24-14/h2-5,8-9H,6-7H2,1H3,(H2,18,19,21,26). The third-order valence-corrected chi connectivity index (χ3v) is 3.90. The Morgan fingerprint density at radius 2 is 1.88 bits per heavy atom. The molecule has 2 aromatic carbocycles. The summed E-state index contributed by atoms with van der Waals surface area (Å²) in [5.74, 6) is 0.697. The van der Waals surface area contributed by atoms with Gasteiger partial charge in [0, 0.05) is 23.4 Å². The van der Waals surface area contributed by atoms with E-state index < -0.39 is 10.8 Å². The van der Waals surface area contributed by atoms with Gasteiger partial charge in [0.25, 0.3) is 11.6 Å². The lowest BCUT2D eigenvalue weighted by Crippen LogP contribution is -2.34. The lowest BCUT2D eigenvalue weighted by atomic mass is 10.1. The van der Waals surface area contributed by atoms with Gasteiger partial charge in [0.05, 0.1) is 4.92 Å². The van der Waals surface area contributed by atoms with Crippen LogP contribution in [0, 0.1) is 17.0 Å². The van der Waals surface area contributed by atoms with Crippen molar-refractivity contribution >= 4 is 34.6 Å². The minimum atomic E-state index is -0.473. The molecule has 0 atom stereocenters. The van der Waals surface area contributed by atoms with E-state index in [0.29, 0.717) is 41.5 Å². The monoisotopic (exact) mass is 373 g/mol. The van der Waals surface area contributed by atoms with Crippen molar-refractivity contribution in [2.45, 2.75) is 6.92 Å². The number of anilines is 1. The number of carbonyl (C=O) groups is 1. The Bertz CT molecular complexity index is 900. The molecule has 0 aromatic heterocycles. The number of nitro groups is 1. The van der Waals surface area contributed by atoms with Crippen LogP contribution in [-0.4, -0.2) is 29.2 Å². The molecule has 1 aliphatic rings. The fourth-order valence-corrected chi connectivity index (χ4v) is 2.62. The summed E-state index contributed by atoms with van der Waals surface area (Å²) in [6.07, 6.45) is 0. The molecule has 0 fully saturated rings. The number of fused-ring (bicyclic) bond motifs is 1. The van der Waals surface area contributed by atoms with Crippen molar-refractivity contribution in [3.05, 3.63) is 57.6 Å². The van der Waals surface area contributed by atoms with Gasteiger partial charge >= 0.3 is 0 Å². The van der Waals surface area contributed by atoms with Crippen LogP contribution in [0.3, 0.4) is 0 Å². The highest BCUT2D eigenvalue weighted by Crippen LogP contribution is 2.30. The van der Waals surface area contributed by atoms with Crippen LogP contribution in [0.5, 0.6) is 11.5 Å². The number of nitro benzene ring substituents is 1. The SMILES string of the molecule is Cc1cc([N+](=O)[O-])ccc1NC(=S)NC(=O)c1ccc2c(c1)OCCO2. The maximum atomic E-state index is 12.3. The fourth-order valence-electron chi connectivity index (χ4n) is 2.42. The molecule has 9 heteroatoms. The van der Waals surface area contributed by atoms with E-state index >= 15 is 0 Å². The lowest BCUT2D eigenvalue weighted by molar-refractivity contribution is -0.384. The maximum Gasteiger partial charge on any atom is 0.269 e. The Hall–Kier alpha value is -3.20. The molecule has 2 N–H and O–H groups in total. The van der Waals surface area contributed by atoms with Gasteiger partial charge < -0.3 is 14.8 Å². The number of carbonyl (C=O) groups excluding carboxylic acids is 1. The Morgan fingerprint density at radius 1 is 1.15 bits per heavy atom. The van der Waals surface area contributed by atoms with Crippen LogP contribution >= 0.6 is 12.2 Å². The van der Waals surface area contributed by atoms with Gasteiger partial charge in [0.2, 0.25) is 0 Å². The zero-order valence-corrected chi connectivity index (χ0v) is 14.6. The van der Waals surface area contributed by atoms with Crippen LogP contribution in [0.1, 0.15) is 15.9 Å². The molecule has 3 rings (SSSR count). The van der Waals surface area contributed by atoms with E-state index in [1.165, 1.54) is 18.2 Å². The van der Waals surface area contributed by atoms with E-state index in [4.69, 9.17) is 21.7 Å². The van der Waals surface area contributed by atoms with Crippen molar-refractivity contribution in [2.24, 2.45) is 0 Å². The third-order valence-electron chi connectivity index (χ3n) is 3.70. The summed E-state index contributed by atoms with van der Waals surface area (Å²) in [6, 6.07) is 9.19. The zero-order chi connectivity index (χ0) is 18.7. The number of non-ortho nitro benzene ring substituents is 1. The van der Waals surface area contributed by atoms with Gasteiger partial charge in [-0.3, -0.25) is 20.2 Å². The number of nitrogens with one attached hydrogen (secondary N) is 2. The summed E-state index contributed by atoms with van der Waals surface area (Å²) in [5.41, 5.74) is 1.57. The van der Waals surface area contributed by atoms with E-state index in [1.54, 1.807) is 25.1 Å². The van der Waals surface area contributed by atoms with Crippen molar-refractivity contribution in [3.8, 4) is 11.5 Å². The normalized spacial score (nSPS) is 12.2. The Labute approximate surface area is 154 Å². The first-order valence-corrected chi connectivity index (χ1v) is 8.12. The number of nitrogens with zero attached hydrogens (tertiary/aromatic N) is 1. The summed E-state index contributed by atoms with van der Waals surface area (Å²) in [7, 11) is 0. The van der Waals surface area contributed by atoms with Crippen molar-refractivity contribution in [2.75, 3.05) is 18.5 Å². The predicted octanol–water partition coefficient (Wildman–Crippen LogP) is 2.80. The van der Waals surface area contributed by atoms with Crippen molar-refractivity contribution < 1.29 is 19.2 Å².